The van der Waals surface area contributed by atoms with Gasteiger partial charge in [0, 0.05) is 38.8 Å². The second-order valence-electron chi connectivity index (χ2n) is 5.17. The van der Waals surface area contributed by atoms with E-state index in [0.717, 1.165) is 45.5 Å². The minimum atomic E-state index is -0.0000908. The molecule has 0 radical (unpaired) electrons. The zero-order chi connectivity index (χ0) is 11.4. The highest BCUT2D eigenvalue weighted by Crippen LogP contribution is 2.30. The normalized spacial score (nSPS) is 33.4. The van der Waals surface area contributed by atoms with Crippen LogP contribution >= 0.6 is 0 Å². The molecular formula is C12H23NO3. The monoisotopic (exact) mass is 229 g/mol. The Bertz CT molecular complexity index is 208. The average molecular weight is 229 g/mol. The molecule has 2 rings (SSSR count). The first kappa shape index (κ1) is 12.3. The van der Waals surface area contributed by atoms with Crippen molar-refractivity contribution in [3.8, 4) is 0 Å². The fourth-order valence-corrected chi connectivity index (χ4v) is 2.73. The maximum atomic E-state index is 9.51. The van der Waals surface area contributed by atoms with Crippen LogP contribution in [-0.4, -0.2) is 62.7 Å². The number of methoxy groups -OCH3 is 1. The summed E-state index contributed by atoms with van der Waals surface area (Å²) in [6, 6.07) is 0. The van der Waals surface area contributed by atoms with Crippen molar-refractivity contribution in [1.82, 2.24) is 4.90 Å². The van der Waals surface area contributed by atoms with Crippen molar-refractivity contribution in [3.63, 3.8) is 0 Å². The lowest BCUT2D eigenvalue weighted by atomic mass is 9.87. The smallest absolute Gasteiger partial charge is 0.0595 e. The van der Waals surface area contributed by atoms with Crippen molar-refractivity contribution in [2.45, 2.75) is 25.4 Å². The van der Waals surface area contributed by atoms with Crippen LogP contribution in [0.25, 0.3) is 0 Å². The second-order valence-corrected chi connectivity index (χ2v) is 5.17. The number of likely N-dealkylation sites (tertiary alicyclic amines) is 1. The first-order chi connectivity index (χ1) is 7.78. The SMILES string of the molecule is COC1CCN(CC2(CO)CCOC2)CC1. The van der Waals surface area contributed by atoms with Gasteiger partial charge >= 0.3 is 0 Å². The molecule has 0 amide bonds. The van der Waals surface area contributed by atoms with Crippen molar-refractivity contribution in [2.24, 2.45) is 5.41 Å². The molecule has 0 aromatic carbocycles. The Labute approximate surface area is 97.5 Å². The Kier molecular flexibility index (Phi) is 4.19. The molecule has 2 aliphatic rings. The highest BCUT2D eigenvalue weighted by atomic mass is 16.5. The number of hydrogen-bond acceptors (Lipinski definition) is 4. The quantitative estimate of drug-likeness (QED) is 0.762. The topological polar surface area (TPSA) is 41.9 Å². The summed E-state index contributed by atoms with van der Waals surface area (Å²) in [7, 11) is 1.79. The highest BCUT2D eigenvalue weighted by Gasteiger charge is 2.36. The average Bonchev–Trinajstić information content (AvgIpc) is 2.79. The number of aliphatic hydroxyl groups is 1. The summed E-state index contributed by atoms with van der Waals surface area (Å²) >= 11 is 0. The summed E-state index contributed by atoms with van der Waals surface area (Å²) < 4.78 is 10.8. The summed E-state index contributed by atoms with van der Waals surface area (Å²) in [6.45, 7) is 4.90. The summed E-state index contributed by atoms with van der Waals surface area (Å²) in [4.78, 5) is 2.44. The first-order valence-electron chi connectivity index (χ1n) is 6.22. The van der Waals surface area contributed by atoms with E-state index in [0.29, 0.717) is 12.7 Å². The molecule has 2 heterocycles. The number of ether oxygens (including phenoxy) is 2. The fourth-order valence-electron chi connectivity index (χ4n) is 2.73. The largest absolute Gasteiger partial charge is 0.396 e. The second kappa shape index (κ2) is 5.45. The lowest BCUT2D eigenvalue weighted by molar-refractivity contribution is 0.00965. The predicted octanol–water partition coefficient (Wildman–Crippen LogP) is 0.496. The van der Waals surface area contributed by atoms with Crippen LogP contribution in [0.1, 0.15) is 19.3 Å². The van der Waals surface area contributed by atoms with E-state index in [-0.39, 0.29) is 12.0 Å². The van der Waals surface area contributed by atoms with Gasteiger partial charge in [0.05, 0.1) is 19.3 Å². The van der Waals surface area contributed by atoms with Gasteiger partial charge in [-0.1, -0.05) is 0 Å². The van der Waals surface area contributed by atoms with Gasteiger partial charge in [-0.3, -0.25) is 0 Å². The van der Waals surface area contributed by atoms with E-state index >= 15 is 0 Å². The molecule has 0 aromatic rings. The maximum absolute atomic E-state index is 9.51. The molecule has 2 aliphatic heterocycles. The van der Waals surface area contributed by atoms with Gasteiger partial charge in [-0.2, -0.15) is 0 Å². The lowest BCUT2D eigenvalue weighted by Crippen LogP contribution is -2.45. The first-order valence-corrected chi connectivity index (χ1v) is 6.22. The molecule has 16 heavy (non-hydrogen) atoms. The van der Waals surface area contributed by atoms with E-state index in [1.165, 1.54) is 0 Å². The van der Waals surface area contributed by atoms with Crippen LogP contribution in [0, 0.1) is 5.41 Å². The molecule has 1 N–H and O–H groups in total. The van der Waals surface area contributed by atoms with E-state index in [9.17, 15) is 5.11 Å². The Balaban J connectivity index is 1.81. The third-order valence-corrected chi connectivity index (χ3v) is 3.95. The number of piperidine rings is 1. The molecule has 4 heteroatoms. The Morgan fingerprint density at radius 1 is 1.44 bits per heavy atom. The van der Waals surface area contributed by atoms with Crippen molar-refractivity contribution in [1.29, 1.82) is 0 Å². The minimum absolute atomic E-state index is 0.0000908. The van der Waals surface area contributed by atoms with Crippen LogP contribution < -0.4 is 0 Å². The summed E-state index contributed by atoms with van der Waals surface area (Å²) in [5.41, 5.74) is -0.0000908. The van der Waals surface area contributed by atoms with Crippen LogP contribution in [0.5, 0.6) is 0 Å². The zero-order valence-electron chi connectivity index (χ0n) is 10.2. The molecule has 1 unspecified atom stereocenters. The van der Waals surface area contributed by atoms with Gasteiger partial charge < -0.3 is 19.5 Å². The molecular weight excluding hydrogens is 206 g/mol. The molecule has 4 nitrogen and oxygen atoms in total. The molecule has 2 saturated heterocycles. The third-order valence-electron chi connectivity index (χ3n) is 3.95. The van der Waals surface area contributed by atoms with E-state index in [1.54, 1.807) is 7.11 Å². The number of rotatable bonds is 4. The standard InChI is InChI=1S/C12H23NO3/c1-15-11-2-5-13(6-3-11)8-12(9-14)4-7-16-10-12/h11,14H,2-10H2,1H3. The molecule has 0 aromatic heterocycles. The van der Waals surface area contributed by atoms with Gasteiger partial charge in [0.25, 0.3) is 0 Å². The Morgan fingerprint density at radius 3 is 2.69 bits per heavy atom. The van der Waals surface area contributed by atoms with Crippen LogP contribution in [0.15, 0.2) is 0 Å². The lowest BCUT2D eigenvalue weighted by Gasteiger charge is -2.37. The molecule has 0 saturated carbocycles. The highest BCUT2D eigenvalue weighted by molar-refractivity contribution is 4.87. The molecule has 0 spiro atoms. The summed E-state index contributed by atoms with van der Waals surface area (Å²) in [5, 5.41) is 9.51. The van der Waals surface area contributed by atoms with Crippen molar-refractivity contribution in [2.75, 3.05) is 46.6 Å². The van der Waals surface area contributed by atoms with E-state index in [2.05, 4.69) is 4.90 Å². The van der Waals surface area contributed by atoms with Crippen LogP contribution in [0.3, 0.4) is 0 Å². The van der Waals surface area contributed by atoms with Gasteiger partial charge in [0.15, 0.2) is 0 Å². The molecule has 0 bridgehead atoms. The maximum Gasteiger partial charge on any atom is 0.0595 e. The molecule has 1 atom stereocenters. The fraction of sp³-hybridized carbons (Fsp3) is 1.00. The van der Waals surface area contributed by atoms with Crippen molar-refractivity contribution < 1.29 is 14.6 Å². The van der Waals surface area contributed by atoms with Gasteiger partial charge in [-0.25, -0.2) is 0 Å². The van der Waals surface area contributed by atoms with Crippen molar-refractivity contribution >= 4 is 0 Å². The van der Waals surface area contributed by atoms with Crippen LogP contribution in [-0.2, 0) is 9.47 Å². The van der Waals surface area contributed by atoms with Crippen molar-refractivity contribution in [3.05, 3.63) is 0 Å². The Morgan fingerprint density at radius 2 is 2.19 bits per heavy atom. The van der Waals surface area contributed by atoms with E-state index in [1.807, 2.05) is 0 Å². The third kappa shape index (κ3) is 2.74. The van der Waals surface area contributed by atoms with E-state index < -0.39 is 0 Å². The van der Waals surface area contributed by atoms with E-state index in [4.69, 9.17) is 9.47 Å². The molecule has 2 fully saturated rings. The zero-order valence-corrected chi connectivity index (χ0v) is 10.2. The summed E-state index contributed by atoms with van der Waals surface area (Å²) in [6.07, 6.45) is 3.65. The number of aliphatic hydroxyl groups excluding tert-OH is 1. The van der Waals surface area contributed by atoms with Gasteiger partial charge in [-0.05, 0) is 19.3 Å². The van der Waals surface area contributed by atoms with Gasteiger partial charge in [-0.15, -0.1) is 0 Å². The predicted molar refractivity (Wildman–Crippen MR) is 61.4 cm³/mol. The molecule has 0 aliphatic carbocycles. The van der Waals surface area contributed by atoms with Crippen LogP contribution in [0.4, 0.5) is 0 Å². The number of hydrogen-bond donors (Lipinski definition) is 1. The van der Waals surface area contributed by atoms with Gasteiger partial charge in [0.2, 0.25) is 0 Å². The number of nitrogens with zero attached hydrogens (tertiary/aromatic N) is 1. The van der Waals surface area contributed by atoms with Gasteiger partial charge in [0.1, 0.15) is 0 Å². The summed E-state index contributed by atoms with van der Waals surface area (Å²) in [5.74, 6) is 0. The minimum Gasteiger partial charge on any atom is -0.396 e. The van der Waals surface area contributed by atoms with Crippen LogP contribution in [0.2, 0.25) is 0 Å². The molecule has 94 valence electrons. The Hall–Kier alpha value is -0.160.